The maximum absolute atomic E-state index is 4.88. The first-order chi connectivity index (χ1) is 4.47. The quantitative estimate of drug-likeness (QED) is 0.470. The second-order valence-corrected chi connectivity index (χ2v) is 2.16. The lowest BCUT2D eigenvalue weighted by molar-refractivity contribution is 0.162. The van der Waals surface area contributed by atoms with Crippen molar-refractivity contribution in [1.82, 2.24) is 0 Å². The molecule has 0 bridgehead atoms. The van der Waals surface area contributed by atoms with Gasteiger partial charge in [-0.1, -0.05) is 23.4 Å². The molecule has 0 aromatic carbocycles. The van der Waals surface area contributed by atoms with Crippen LogP contribution in [-0.4, -0.2) is 12.3 Å². The third kappa shape index (κ3) is 0.669. The summed E-state index contributed by atoms with van der Waals surface area (Å²) >= 11 is 0. The van der Waals surface area contributed by atoms with Crippen LogP contribution in [0.2, 0.25) is 0 Å². The minimum absolute atomic E-state index is 0.426. The first-order valence-corrected chi connectivity index (χ1v) is 3.01. The average molecular weight is 121 g/mol. The molecular formula is C7H7NO. The molecule has 1 heterocycles. The monoisotopic (exact) mass is 121 g/mol. The highest BCUT2D eigenvalue weighted by molar-refractivity contribution is 5.99. The van der Waals surface area contributed by atoms with Crippen LogP contribution < -0.4 is 0 Å². The van der Waals surface area contributed by atoms with E-state index in [0.717, 1.165) is 12.3 Å². The lowest BCUT2D eigenvalue weighted by Gasteiger charge is -2.01. The summed E-state index contributed by atoms with van der Waals surface area (Å²) < 4.78 is 0. The van der Waals surface area contributed by atoms with E-state index < -0.39 is 0 Å². The normalized spacial score (nSPS) is 29.3. The van der Waals surface area contributed by atoms with E-state index in [1.165, 1.54) is 0 Å². The van der Waals surface area contributed by atoms with Crippen molar-refractivity contribution in [3.05, 3.63) is 24.3 Å². The molecule has 46 valence electrons. The van der Waals surface area contributed by atoms with Crippen LogP contribution in [0.1, 0.15) is 0 Å². The summed E-state index contributed by atoms with van der Waals surface area (Å²) in [7, 11) is 0. The molecule has 1 atom stereocenters. The molecular weight excluding hydrogens is 114 g/mol. The summed E-state index contributed by atoms with van der Waals surface area (Å²) in [6, 6.07) is 0. The molecule has 0 aromatic heterocycles. The lowest BCUT2D eigenvalue weighted by Crippen LogP contribution is -2.09. The molecule has 9 heavy (non-hydrogen) atoms. The Balaban J connectivity index is 2.33. The van der Waals surface area contributed by atoms with Gasteiger partial charge in [0.2, 0.25) is 0 Å². The molecule has 0 spiro atoms. The van der Waals surface area contributed by atoms with Gasteiger partial charge in [0.05, 0.1) is 11.6 Å². The molecule has 0 saturated heterocycles. The topological polar surface area (TPSA) is 21.6 Å². The fraction of sp³-hybridized carbons (Fsp3) is 0.286. The van der Waals surface area contributed by atoms with E-state index in [0.29, 0.717) is 5.92 Å². The van der Waals surface area contributed by atoms with Crippen molar-refractivity contribution in [2.24, 2.45) is 11.1 Å². The Kier molecular flexibility index (Phi) is 0.918. The molecule has 2 heteroatoms. The summed E-state index contributed by atoms with van der Waals surface area (Å²) in [6.45, 7) is 0.718. The zero-order valence-electron chi connectivity index (χ0n) is 4.95. The van der Waals surface area contributed by atoms with Gasteiger partial charge < -0.3 is 4.84 Å². The summed E-state index contributed by atoms with van der Waals surface area (Å²) in [5, 5.41) is 3.84. The van der Waals surface area contributed by atoms with E-state index in [9.17, 15) is 0 Å². The minimum atomic E-state index is 0.426. The Labute approximate surface area is 53.5 Å². The van der Waals surface area contributed by atoms with E-state index in [2.05, 4.69) is 11.2 Å². The average Bonchev–Trinajstić information content (AvgIpc) is 2.33. The Morgan fingerprint density at radius 2 is 2.56 bits per heavy atom. The molecule has 2 rings (SSSR count). The van der Waals surface area contributed by atoms with Crippen LogP contribution in [0.5, 0.6) is 0 Å². The fourth-order valence-corrected chi connectivity index (χ4v) is 1.01. The fourth-order valence-electron chi connectivity index (χ4n) is 1.01. The molecule has 1 unspecified atom stereocenters. The highest BCUT2D eigenvalue weighted by atomic mass is 16.6. The van der Waals surface area contributed by atoms with Gasteiger partial charge >= 0.3 is 0 Å². The third-order valence-electron chi connectivity index (χ3n) is 1.53. The molecule has 0 radical (unpaired) electrons. The molecule has 0 saturated carbocycles. The van der Waals surface area contributed by atoms with Crippen molar-refractivity contribution < 1.29 is 4.84 Å². The number of fused-ring (bicyclic) bond motifs is 1. The third-order valence-corrected chi connectivity index (χ3v) is 1.53. The Morgan fingerprint density at radius 3 is 3.44 bits per heavy atom. The standard InChI is InChI=1S/C7H7NO/c1-2-4-7-6(3-1)5-9-8-7/h1-4,6H,5H2. The zero-order valence-corrected chi connectivity index (χ0v) is 4.95. The number of nitrogens with zero attached hydrogens (tertiary/aromatic N) is 1. The largest absolute Gasteiger partial charge is 0.395 e. The number of oxime groups is 1. The van der Waals surface area contributed by atoms with Gasteiger partial charge in [-0.05, 0) is 6.08 Å². The number of hydrogen-bond donors (Lipinski definition) is 0. The van der Waals surface area contributed by atoms with Gasteiger partial charge in [-0.2, -0.15) is 0 Å². The maximum atomic E-state index is 4.88. The summed E-state index contributed by atoms with van der Waals surface area (Å²) in [5.74, 6) is 0.426. The number of hydrogen-bond acceptors (Lipinski definition) is 2. The zero-order chi connectivity index (χ0) is 6.10. The summed E-state index contributed by atoms with van der Waals surface area (Å²) in [4.78, 5) is 4.88. The van der Waals surface area contributed by atoms with Crippen molar-refractivity contribution in [1.29, 1.82) is 0 Å². The molecule has 0 N–H and O–H groups in total. The first-order valence-electron chi connectivity index (χ1n) is 3.01. The van der Waals surface area contributed by atoms with Crippen molar-refractivity contribution >= 4 is 5.71 Å². The summed E-state index contributed by atoms with van der Waals surface area (Å²) in [6.07, 6.45) is 8.09. The summed E-state index contributed by atoms with van der Waals surface area (Å²) in [5.41, 5.74) is 1.05. The van der Waals surface area contributed by atoms with E-state index in [4.69, 9.17) is 4.84 Å². The Morgan fingerprint density at radius 1 is 1.56 bits per heavy atom. The SMILES string of the molecule is C1=CC2=NOCC2C=C1. The Bertz CT molecular complexity index is 200. The maximum Gasteiger partial charge on any atom is 0.129 e. The smallest absolute Gasteiger partial charge is 0.129 e. The van der Waals surface area contributed by atoms with Crippen LogP contribution in [-0.2, 0) is 4.84 Å². The van der Waals surface area contributed by atoms with Crippen LogP contribution in [0.15, 0.2) is 29.5 Å². The lowest BCUT2D eigenvalue weighted by atomic mass is 10.0. The van der Waals surface area contributed by atoms with Crippen LogP contribution >= 0.6 is 0 Å². The molecule has 0 fully saturated rings. The molecule has 2 aliphatic rings. The van der Waals surface area contributed by atoms with E-state index in [1.54, 1.807) is 0 Å². The predicted molar refractivity (Wildman–Crippen MR) is 35.2 cm³/mol. The number of rotatable bonds is 0. The van der Waals surface area contributed by atoms with Crippen LogP contribution in [0.4, 0.5) is 0 Å². The van der Waals surface area contributed by atoms with Crippen LogP contribution in [0.25, 0.3) is 0 Å². The van der Waals surface area contributed by atoms with Gasteiger partial charge in [-0.3, -0.25) is 0 Å². The van der Waals surface area contributed by atoms with E-state index in [1.807, 2.05) is 18.2 Å². The van der Waals surface area contributed by atoms with Crippen molar-refractivity contribution in [3.8, 4) is 0 Å². The van der Waals surface area contributed by atoms with Gasteiger partial charge in [-0.15, -0.1) is 0 Å². The van der Waals surface area contributed by atoms with Crippen molar-refractivity contribution in [3.63, 3.8) is 0 Å². The molecule has 0 aromatic rings. The van der Waals surface area contributed by atoms with Crippen LogP contribution in [0, 0.1) is 5.92 Å². The van der Waals surface area contributed by atoms with Gasteiger partial charge in [0.15, 0.2) is 0 Å². The van der Waals surface area contributed by atoms with Gasteiger partial charge in [0.1, 0.15) is 6.61 Å². The van der Waals surface area contributed by atoms with Crippen molar-refractivity contribution in [2.45, 2.75) is 0 Å². The second-order valence-electron chi connectivity index (χ2n) is 2.16. The second kappa shape index (κ2) is 1.72. The van der Waals surface area contributed by atoms with Gasteiger partial charge in [0.25, 0.3) is 0 Å². The van der Waals surface area contributed by atoms with Gasteiger partial charge in [-0.25, -0.2) is 0 Å². The molecule has 0 amide bonds. The molecule has 1 aliphatic carbocycles. The van der Waals surface area contributed by atoms with Gasteiger partial charge in [0, 0.05) is 0 Å². The van der Waals surface area contributed by atoms with E-state index >= 15 is 0 Å². The highest BCUT2D eigenvalue weighted by Gasteiger charge is 2.18. The van der Waals surface area contributed by atoms with Crippen molar-refractivity contribution in [2.75, 3.05) is 6.61 Å². The van der Waals surface area contributed by atoms with Crippen LogP contribution in [0.3, 0.4) is 0 Å². The molecule has 2 nitrogen and oxygen atoms in total. The first kappa shape index (κ1) is 4.79. The van der Waals surface area contributed by atoms with E-state index in [-0.39, 0.29) is 0 Å². The Hall–Kier alpha value is -1.05. The molecule has 1 aliphatic heterocycles. The number of allylic oxidation sites excluding steroid dienone is 3. The highest BCUT2D eigenvalue weighted by Crippen LogP contribution is 2.15. The predicted octanol–water partition coefficient (Wildman–Crippen LogP) is 1.11. The minimum Gasteiger partial charge on any atom is -0.395 e.